The Labute approximate surface area is 138 Å². The molecule has 0 aromatic carbocycles. The van der Waals surface area contributed by atoms with Gasteiger partial charge in [0.2, 0.25) is 0 Å². The number of unbranched alkanes of at least 4 members (excludes halogenated alkanes) is 5. The number of carbonyl (C=O) groups excluding carboxylic acids is 1. The summed E-state index contributed by atoms with van der Waals surface area (Å²) in [6.07, 6.45) is 12.3. The van der Waals surface area contributed by atoms with Crippen LogP contribution in [0.5, 0.6) is 0 Å². The summed E-state index contributed by atoms with van der Waals surface area (Å²) >= 11 is 3.09. The van der Waals surface area contributed by atoms with Crippen LogP contribution in [0.2, 0.25) is 0 Å². The number of esters is 1. The van der Waals surface area contributed by atoms with Gasteiger partial charge >= 0.3 is 5.97 Å². The molecule has 0 rings (SSSR count). The summed E-state index contributed by atoms with van der Waals surface area (Å²) in [4.78, 5) is 11.4. The highest BCUT2D eigenvalue weighted by Gasteiger charge is 2.21. The average molecular weight is 363 g/mol. The fraction of sp³-hybridized carbons (Fsp3) is 0.824. The molecule has 0 heterocycles. The molecule has 124 valence electrons. The third-order valence-corrected chi connectivity index (χ3v) is 3.89. The van der Waals surface area contributed by atoms with Gasteiger partial charge in [-0.2, -0.15) is 0 Å². The van der Waals surface area contributed by atoms with Crippen molar-refractivity contribution in [3.8, 4) is 0 Å². The fourth-order valence-electron chi connectivity index (χ4n) is 2.14. The normalized spacial score (nSPS) is 14.3. The van der Waals surface area contributed by atoms with E-state index in [9.17, 15) is 9.90 Å². The van der Waals surface area contributed by atoms with Gasteiger partial charge in [-0.3, -0.25) is 4.79 Å². The van der Waals surface area contributed by atoms with Crippen LogP contribution < -0.4 is 0 Å². The Balaban J connectivity index is 4.15. The maximum absolute atomic E-state index is 11.4. The number of ether oxygens (including phenoxy) is 1. The monoisotopic (exact) mass is 362 g/mol. The number of carbonyl (C=O) groups is 1. The standard InChI is InChI=1S/C17H31BrO3/c1-3-5-7-8-9-11-12-15(19)16(13-10-6-4-2)21-17(20)14-18/h9,11,15-16,19H,3-8,10,12-14H2,1-2H3/b11-9-. The van der Waals surface area contributed by atoms with Crippen molar-refractivity contribution in [2.45, 2.75) is 83.8 Å². The lowest BCUT2D eigenvalue weighted by Gasteiger charge is -2.22. The largest absolute Gasteiger partial charge is 0.459 e. The molecule has 0 aliphatic carbocycles. The number of hydrogen-bond acceptors (Lipinski definition) is 3. The highest BCUT2D eigenvalue weighted by Crippen LogP contribution is 2.15. The summed E-state index contributed by atoms with van der Waals surface area (Å²) in [5.74, 6) is -0.303. The summed E-state index contributed by atoms with van der Waals surface area (Å²) in [5, 5.41) is 10.4. The van der Waals surface area contributed by atoms with Gasteiger partial charge in [0.05, 0.1) is 6.10 Å². The number of rotatable bonds is 13. The summed E-state index contributed by atoms with van der Waals surface area (Å²) in [6.45, 7) is 4.32. The van der Waals surface area contributed by atoms with Crippen LogP contribution in [0, 0.1) is 0 Å². The van der Waals surface area contributed by atoms with Crippen LogP contribution >= 0.6 is 15.9 Å². The Kier molecular flexibility index (Phi) is 14.3. The molecule has 0 aliphatic rings. The number of hydrogen-bond donors (Lipinski definition) is 1. The van der Waals surface area contributed by atoms with E-state index < -0.39 is 6.10 Å². The topological polar surface area (TPSA) is 46.5 Å². The molecular formula is C17H31BrO3. The van der Waals surface area contributed by atoms with Crippen LogP contribution in [0.1, 0.15) is 71.6 Å². The van der Waals surface area contributed by atoms with E-state index in [1.165, 1.54) is 19.3 Å². The number of aliphatic hydroxyl groups is 1. The number of allylic oxidation sites excluding steroid dienone is 1. The Morgan fingerprint density at radius 1 is 1.14 bits per heavy atom. The zero-order chi connectivity index (χ0) is 15.9. The Hall–Kier alpha value is -0.350. The van der Waals surface area contributed by atoms with Crippen LogP contribution in [0.3, 0.4) is 0 Å². The number of aliphatic hydroxyl groups excluding tert-OH is 1. The second-order valence-electron chi connectivity index (χ2n) is 5.43. The first-order valence-corrected chi connectivity index (χ1v) is 9.36. The fourth-order valence-corrected chi connectivity index (χ4v) is 2.28. The van der Waals surface area contributed by atoms with Crippen molar-refractivity contribution in [2.75, 3.05) is 5.33 Å². The van der Waals surface area contributed by atoms with E-state index in [4.69, 9.17) is 4.74 Å². The van der Waals surface area contributed by atoms with Crippen molar-refractivity contribution < 1.29 is 14.6 Å². The molecule has 0 saturated carbocycles. The van der Waals surface area contributed by atoms with E-state index in [0.29, 0.717) is 6.42 Å². The molecule has 0 aromatic rings. The SMILES string of the molecule is CCCCC/C=C\CC(O)C(CCCCC)OC(=O)CBr. The lowest BCUT2D eigenvalue weighted by molar-refractivity contribution is -0.152. The van der Waals surface area contributed by atoms with Crippen molar-refractivity contribution >= 4 is 21.9 Å². The molecular weight excluding hydrogens is 332 g/mol. The van der Waals surface area contributed by atoms with Crippen molar-refractivity contribution in [3.05, 3.63) is 12.2 Å². The molecule has 0 aliphatic heterocycles. The molecule has 0 bridgehead atoms. The van der Waals surface area contributed by atoms with E-state index in [0.717, 1.165) is 32.1 Å². The Morgan fingerprint density at radius 2 is 1.81 bits per heavy atom. The second-order valence-corrected chi connectivity index (χ2v) is 5.99. The summed E-state index contributed by atoms with van der Waals surface area (Å²) in [7, 11) is 0. The summed E-state index contributed by atoms with van der Waals surface area (Å²) in [5.41, 5.74) is 0. The molecule has 4 heteroatoms. The lowest BCUT2D eigenvalue weighted by Crippen LogP contribution is -2.31. The quantitative estimate of drug-likeness (QED) is 0.222. The van der Waals surface area contributed by atoms with Gasteiger partial charge in [0.25, 0.3) is 0 Å². The zero-order valence-corrected chi connectivity index (χ0v) is 15.1. The predicted octanol–water partition coefficient (Wildman–Crippen LogP) is 4.76. The highest BCUT2D eigenvalue weighted by atomic mass is 79.9. The van der Waals surface area contributed by atoms with E-state index in [1.54, 1.807) is 0 Å². The van der Waals surface area contributed by atoms with Crippen LogP contribution in [-0.4, -0.2) is 28.6 Å². The molecule has 0 aromatic heterocycles. The third-order valence-electron chi connectivity index (χ3n) is 3.43. The minimum absolute atomic E-state index is 0.177. The van der Waals surface area contributed by atoms with Gasteiger partial charge in [0, 0.05) is 0 Å². The summed E-state index contributed by atoms with van der Waals surface area (Å²) < 4.78 is 5.33. The maximum Gasteiger partial charge on any atom is 0.316 e. The number of alkyl halides is 1. The van der Waals surface area contributed by atoms with Crippen molar-refractivity contribution in [1.29, 1.82) is 0 Å². The molecule has 0 fully saturated rings. The first-order chi connectivity index (χ1) is 10.2. The molecule has 0 saturated heterocycles. The van der Waals surface area contributed by atoms with Gasteiger partial charge in [-0.1, -0.05) is 67.6 Å². The van der Waals surface area contributed by atoms with E-state index in [1.807, 2.05) is 6.08 Å². The highest BCUT2D eigenvalue weighted by molar-refractivity contribution is 9.09. The first kappa shape index (κ1) is 20.6. The molecule has 0 amide bonds. The van der Waals surface area contributed by atoms with Crippen LogP contribution in [0.25, 0.3) is 0 Å². The summed E-state index contributed by atoms with van der Waals surface area (Å²) in [6, 6.07) is 0. The minimum Gasteiger partial charge on any atom is -0.459 e. The first-order valence-electron chi connectivity index (χ1n) is 8.24. The van der Waals surface area contributed by atoms with Crippen LogP contribution in [-0.2, 0) is 9.53 Å². The van der Waals surface area contributed by atoms with E-state index in [-0.39, 0.29) is 17.4 Å². The van der Waals surface area contributed by atoms with Crippen molar-refractivity contribution in [1.82, 2.24) is 0 Å². The minimum atomic E-state index is -0.604. The van der Waals surface area contributed by atoms with Crippen LogP contribution in [0.15, 0.2) is 12.2 Å². The van der Waals surface area contributed by atoms with Gasteiger partial charge in [0.1, 0.15) is 11.4 Å². The zero-order valence-electron chi connectivity index (χ0n) is 13.5. The Morgan fingerprint density at radius 3 is 2.43 bits per heavy atom. The van der Waals surface area contributed by atoms with Gasteiger partial charge in [0.15, 0.2) is 0 Å². The molecule has 1 N–H and O–H groups in total. The molecule has 0 radical (unpaired) electrons. The van der Waals surface area contributed by atoms with E-state index in [2.05, 4.69) is 35.9 Å². The third kappa shape index (κ3) is 11.9. The van der Waals surface area contributed by atoms with Gasteiger partial charge in [-0.25, -0.2) is 0 Å². The molecule has 21 heavy (non-hydrogen) atoms. The molecule has 2 unspecified atom stereocenters. The van der Waals surface area contributed by atoms with Gasteiger partial charge in [-0.15, -0.1) is 0 Å². The Bertz CT molecular complexity index is 279. The molecule has 2 atom stereocenters. The lowest BCUT2D eigenvalue weighted by atomic mass is 10.0. The van der Waals surface area contributed by atoms with Crippen molar-refractivity contribution in [3.63, 3.8) is 0 Å². The smallest absolute Gasteiger partial charge is 0.316 e. The second kappa shape index (κ2) is 14.6. The van der Waals surface area contributed by atoms with Gasteiger partial charge in [-0.05, 0) is 32.1 Å². The van der Waals surface area contributed by atoms with Gasteiger partial charge < -0.3 is 9.84 Å². The van der Waals surface area contributed by atoms with E-state index >= 15 is 0 Å². The van der Waals surface area contributed by atoms with Crippen LogP contribution in [0.4, 0.5) is 0 Å². The molecule has 0 spiro atoms. The predicted molar refractivity (Wildman–Crippen MR) is 91.7 cm³/mol. The number of halogens is 1. The maximum atomic E-state index is 11.4. The van der Waals surface area contributed by atoms with Crippen molar-refractivity contribution in [2.24, 2.45) is 0 Å². The average Bonchev–Trinajstić information content (AvgIpc) is 2.49. The molecule has 3 nitrogen and oxygen atoms in total.